The number of benzene rings is 1. The summed E-state index contributed by atoms with van der Waals surface area (Å²) in [5.74, 6) is 0. The monoisotopic (exact) mass is 334 g/mol. The van der Waals surface area contributed by atoms with Crippen LogP contribution in [0, 0.1) is 0 Å². The average molecular weight is 335 g/mol. The first-order chi connectivity index (χ1) is 8.36. The lowest BCUT2D eigenvalue weighted by Gasteiger charge is -2.12. The number of sulfonamides is 1. The maximum absolute atomic E-state index is 12.1. The molecule has 6 heteroatoms. The van der Waals surface area contributed by atoms with Crippen molar-refractivity contribution in [2.75, 3.05) is 6.54 Å². The van der Waals surface area contributed by atoms with Gasteiger partial charge in [-0.3, -0.25) is 0 Å². The molecule has 0 aromatic heterocycles. The van der Waals surface area contributed by atoms with Crippen molar-refractivity contribution >= 4 is 26.0 Å². The van der Waals surface area contributed by atoms with Crippen molar-refractivity contribution in [1.29, 1.82) is 0 Å². The van der Waals surface area contributed by atoms with Crippen LogP contribution in [0.25, 0.3) is 0 Å². The third-order valence-corrected chi connectivity index (χ3v) is 4.91. The van der Waals surface area contributed by atoms with Crippen molar-refractivity contribution < 1.29 is 8.42 Å². The zero-order chi connectivity index (χ0) is 13.8. The van der Waals surface area contributed by atoms with Gasteiger partial charge in [0.15, 0.2) is 0 Å². The van der Waals surface area contributed by atoms with E-state index in [4.69, 9.17) is 0 Å². The van der Waals surface area contributed by atoms with Crippen LogP contribution in [0.1, 0.15) is 26.3 Å². The van der Waals surface area contributed by atoms with Crippen LogP contribution in [-0.2, 0) is 16.6 Å². The van der Waals surface area contributed by atoms with E-state index in [1.165, 1.54) is 0 Å². The van der Waals surface area contributed by atoms with Gasteiger partial charge in [-0.2, -0.15) is 0 Å². The smallest absolute Gasteiger partial charge is 0.241 e. The van der Waals surface area contributed by atoms with Gasteiger partial charge >= 0.3 is 0 Å². The van der Waals surface area contributed by atoms with Crippen LogP contribution in [0.2, 0.25) is 0 Å². The quantitative estimate of drug-likeness (QED) is 0.838. The molecule has 4 nitrogen and oxygen atoms in total. The van der Waals surface area contributed by atoms with Crippen LogP contribution in [0.5, 0.6) is 0 Å². The number of hydrogen-bond donors (Lipinski definition) is 2. The molecule has 0 bridgehead atoms. The van der Waals surface area contributed by atoms with E-state index in [9.17, 15) is 8.42 Å². The summed E-state index contributed by atoms with van der Waals surface area (Å²) in [6.07, 6.45) is 0. The Morgan fingerprint density at radius 2 is 2.00 bits per heavy atom. The maximum Gasteiger partial charge on any atom is 0.241 e. The molecule has 0 atom stereocenters. The highest BCUT2D eigenvalue weighted by Crippen LogP contribution is 2.23. The lowest BCUT2D eigenvalue weighted by Crippen LogP contribution is -2.30. The first-order valence-electron chi connectivity index (χ1n) is 5.88. The summed E-state index contributed by atoms with van der Waals surface area (Å²) in [6, 6.07) is 5.24. The standard InChI is InChI=1S/C12H19BrN2O2S/c1-4-14-8-10-5-6-11(13)12(7-10)18(16,17)15-9(2)3/h5-7,9,14-15H,4,8H2,1-3H3. The molecule has 1 aromatic rings. The molecular formula is C12H19BrN2O2S. The van der Waals surface area contributed by atoms with Gasteiger partial charge in [0.05, 0.1) is 4.90 Å². The van der Waals surface area contributed by atoms with Crippen LogP contribution in [0.4, 0.5) is 0 Å². The summed E-state index contributed by atoms with van der Waals surface area (Å²) in [5, 5.41) is 3.17. The first kappa shape index (κ1) is 15.6. The third-order valence-electron chi connectivity index (χ3n) is 2.26. The number of halogens is 1. The van der Waals surface area contributed by atoms with Gasteiger partial charge < -0.3 is 5.32 Å². The largest absolute Gasteiger partial charge is 0.313 e. The highest BCUT2D eigenvalue weighted by Gasteiger charge is 2.18. The molecule has 1 rings (SSSR count). The summed E-state index contributed by atoms with van der Waals surface area (Å²) in [7, 11) is -3.46. The molecule has 0 aliphatic carbocycles. The lowest BCUT2D eigenvalue weighted by atomic mass is 10.2. The van der Waals surface area contributed by atoms with E-state index in [0.717, 1.165) is 12.1 Å². The highest BCUT2D eigenvalue weighted by molar-refractivity contribution is 9.10. The molecule has 18 heavy (non-hydrogen) atoms. The molecule has 0 amide bonds. The molecule has 0 radical (unpaired) electrons. The van der Waals surface area contributed by atoms with E-state index < -0.39 is 10.0 Å². The molecular weight excluding hydrogens is 316 g/mol. The fraction of sp³-hybridized carbons (Fsp3) is 0.500. The van der Waals surface area contributed by atoms with Gasteiger partial charge in [0.25, 0.3) is 0 Å². The van der Waals surface area contributed by atoms with Gasteiger partial charge in [0.2, 0.25) is 10.0 Å². The Balaban J connectivity index is 3.07. The van der Waals surface area contributed by atoms with Crippen molar-refractivity contribution in [3.63, 3.8) is 0 Å². The molecule has 0 aliphatic heterocycles. The second kappa shape index (κ2) is 6.65. The van der Waals surface area contributed by atoms with Crippen LogP contribution in [0.15, 0.2) is 27.6 Å². The van der Waals surface area contributed by atoms with E-state index in [-0.39, 0.29) is 10.9 Å². The van der Waals surface area contributed by atoms with E-state index in [1.54, 1.807) is 26.0 Å². The minimum atomic E-state index is -3.46. The van der Waals surface area contributed by atoms with Crippen LogP contribution in [0.3, 0.4) is 0 Å². The summed E-state index contributed by atoms with van der Waals surface area (Å²) >= 11 is 3.28. The molecule has 1 aromatic carbocycles. The first-order valence-corrected chi connectivity index (χ1v) is 8.16. The Morgan fingerprint density at radius 3 is 2.56 bits per heavy atom. The topological polar surface area (TPSA) is 58.2 Å². The molecule has 0 fully saturated rings. The van der Waals surface area contributed by atoms with Crippen molar-refractivity contribution in [3.8, 4) is 0 Å². The number of rotatable bonds is 6. The van der Waals surface area contributed by atoms with E-state index in [0.29, 0.717) is 11.0 Å². The predicted octanol–water partition coefficient (Wildman–Crippen LogP) is 2.25. The Kier molecular flexibility index (Phi) is 5.78. The SMILES string of the molecule is CCNCc1ccc(Br)c(S(=O)(=O)NC(C)C)c1. The van der Waals surface area contributed by atoms with Crippen LogP contribution < -0.4 is 10.0 Å². The molecule has 0 spiro atoms. The molecule has 102 valence electrons. The summed E-state index contributed by atoms with van der Waals surface area (Å²) in [4.78, 5) is 0.284. The molecule has 0 heterocycles. The Morgan fingerprint density at radius 1 is 1.33 bits per heavy atom. The molecule has 0 aliphatic rings. The predicted molar refractivity (Wildman–Crippen MR) is 77.0 cm³/mol. The normalized spacial score (nSPS) is 12.1. The van der Waals surface area contributed by atoms with Crippen molar-refractivity contribution in [2.24, 2.45) is 0 Å². The second-order valence-corrected chi connectivity index (χ2v) is 6.86. The van der Waals surface area contributed by atoms with Gasteiger partial charge in [0.1, 0.15) is 0 Å². The molecule has 0 saturated heterocycles. The van der Waals surface area contributed by atoms with Crippen LogP contribution in [-0.4, -0.2) is 21.0 Å². The Labute approximate surface area is 117 Å². The zero-order valence-electron chi connectivity index (χ0n) is 10.8. The van der Waals surface area contributed by atoms with E-state index in [1.807, 2.05) is 13.0 Å². The fourth-order valence-corrected chi connectivity index (χ4v) is 3.77. The lowest BCUT2D eigenvalue weighted by molar-refractivity contribution is 0.569. The fourth-order valence-electron chi connectivity index (χ4n) is 1.51. The number of nitrogens with one attached hydrogen (secondary N) is 2. The van der Waals surface area contributed by atoms with Gasteiger partial charge in [-0.15, -0.1) is 0 Å². The average Bonchev–Trinajstić information content (AvgIpc) is 2.26. The maximum atomic E-state index is 12.1. The second-order valence-electron chi connectivity index (χ2n) is 4.32. The summed E-state index contributed by atoms with van der Waals surface area (Å²) in [6.45, 7) is 7.12. The zero-order valence-corrected chi connectivity index (χ0v) is 13.2. The highest BCUT2D eigenvalue weighted by atomic mass is 79.9. The van der Waals surface area contributed by atoms with Gasteiger partial charge in [-0.05, 0) is 54.0 Å². The summed E-state index contributed by atoms with van der Waals surface area (Å²) in [5.41, 5.74) is 0.948. The Bertz CT molecular complexity index is 501. The van der Waals surface area contributed by atoms with Gasteiger partial charge in [0, 0.05) is 17.1 Å². The van der Waals surface area contributed by atoms with Crippen LogP contribution >= 0.6 is 15.9 Å². The molecule has 2 N–H and O–H groups in total. The molecule has 0 unspecified atom stereocenters. The minimum Gasteiger partial charge on any atom is -0.313 e. The van der Waals surface area contributed by atoms with E-state index in [2.05, 4.69) is 26.0 Å². The van der Waals surface area contributed by atoms with Gasteiger partial charge in [-0.1, -0.05) is 13.0 Å². The number of hydrogen-bond acceptors (Lipinski definition) is 3. The molecule has 0 saturated carbocycles. The van der Waals surface area contributed by atoms with Crippen molar-refractivity contribution in [3.05, 3.63) is 28.2 Å². The van der Waals surface area contributed by atoms with Gasteiger partial charge in [-0.25, -0.2) is 13.1 Å². The Hall–Kier alpha value is -0.430. The van der Waals surface area contributed by atoms with E-state index >= 15 is 0 Å². The van der Waals surface area contributed by atoms with Crippen molar-refractivity contribution in [1.82, 2.24) is 10.0 Å². The summed E-state index contributed by atoms with van der Waals surface area (Å²) < 4.78 is 27.4. The third kappa shape index (κ3) is 4.35. The minimum absolute atomic E-state index is 0.126. The van der Waals surface area contributed by atoms with Crippen molar-refractivity contribution in [2.45, 2.75) is 38.3 Å².